The number of nitrogens with one attached hydrogen (secondary N) is 3. The third-order valence-corrected chi connectivity index (χ3v) is 6.90. The van der Waals surface area contributed by atoms with Gasteiger partial charge in [-0.25, -0.2) is 0 Å². The monoisotopic (exact) mass is 492 g/mol. The van der Waals surface area contributed by atoms with Gasteiger partial charge in [0.2, 0.25) is 0 Å². The zero-order valence-electron chi connectivity index (χ0n) is 18.9. The minimum absolute atomic E-state index is 0.0117. The quantitative estimate of drug-likeness (QED) is 0.429. The minimum atomic E-state index is -4.53. The van der Waals surface area contributed by atoms with E-state index in [1.165, 1.54) is 5.57 Å². The average molecular weight is 493 g/mol. The molecule has 5 nitrogen and oxygen atoms in total. The first-order valence-electron chi connectivity index (χ1n) is 11.5. The molecule has 0 unspecified atom stereocenters. The summed E-state index contributed by atoms with van der Waals surface area (Å²) in [6.45, 7) is 2.79. The van der Waals surface area contributed by atoms with Crippen molar-refractivity contribution in [1.29, 1.82) is 0 Å². The van der Waals surface area contributed by atoms with Gasteiger partial charge in [0.1, 0.15) is 5.82 Å². The Balaban J connectivity index is 1.30. The second-order valence-corrected chi connectivity index (χ2v) is 9.39. The molecule has 4 rings (SSSR count). The highest BCUT2D eigenvalue weighted by atomic mass is 35.5. The Morgan fingerprint density at radius 3 is 2.68 bits per heavy atom. The third kappa shape index (κ3) is 5.66. The van der Waals surface area contributed by atoms with E-state index in [1.807, 2.05) is 6.92 Å². The molecule has 9 heteroatoms. The summed E-state index contributed by atoms with van der Waals surface area (Å²) < 4.78 is 39.0. The van der Waals surface area contributed by atoms with Gasteiger partial charge >= 0.3 is 6.18 Å². The van der Waals surface area contributed by atoms with E-state index < -0.39 is 17.6 Å². The number of H-pyrrole nitrogens is 1. The van der Waals surface area contributed by atoms with Crippen molar-refractivity contribution in [3.63, 3.8) is 0 Å². The molecule has 0 radical (unpaired) electrons. The largest absolute Gasteiger partial charge is 0.416 e. The van der Waals surface area contributed by atoms with Crippen LogP contribution in [-0.4, -0.2) is 28.7 Å². The van der Waals surface area contributed by atoms with Gasteiger partial charge in [0, 0.05) is 18.2 Å². The number of hydrogen-bond donors (Lipinski definition) is 3. The average Bonchev–Trinajstić information content (AvgIpc) is 3.19. The van der Waals surface area contributed by atoms with Gasteiger partial charge in [-0.1, -0.05) is 29.8 Å². The minimum Gasteiger partial charge on any atom is -0.370 e. The summed E-state index contributed by atoms with van der Waals surface area (Å²) in [5.41, 5.74) is 2.36. The van der Waals surface area contributed by atoms with E-state index in [-0.39, 0.29) is 16.6 Å². The molecule has 0 saturated heterocycles. The standard InChI is InChI=1S/C25H28ClF3N4O/c1-15-22(17-5-3-2-4-6-17)23(33-32-15)30-14-16-7-10-19(11-8-16)31-24(34)20-13-18(25(27,28)29)9-12-21(20)26/h2-3,5,9,12-13,16,19H,4,6-8,10-11,14H2,1H3,(H,31,34)(H2,30,32,33)/t16-,19-. The van der Waals surface area contributed by atoms with Crippen LogP contribution in [0.3, 0.4) is 0 Å². The maximum Gasteiger partial charge on any atom is 0.416 e. The fraction of sp³-hybridized carbons (Fsp3) is 0.440. The number of alkyl halides is 3. The maximum atomic E-state index is 13.0. The van der Waals surface area contributed by atoms with Gasteiger partial charge in [-0.05, 0) is 75.1 Å². The number of carbonyl (C=O) groups excluding carboxylic acids is 1. The van der Waals surface area contributed by atoms with Gasteiger partial charge in [0.15, 0.2) is 0 Å². The fourth-order valence-corrected chi connectivity index (χ4v) is 4.86. The van der Waals surface area contributed by atoms with Gasteiger partial charge in [0.05, 0.1) is 21.8 Å². The number of nitrogens with zero attached hydrogens (tertiary/aromatic N) is 1. The number of aryl methyl sites for hydroxylation is 1. The molecule has 0 aliphatic heterocycles. The maximum absolute atomic E-state index is 13.0. The molecule has 0 atom stereocenters. The van der Waals surface area contributed by atoms with Crippen LogP contribution in [0.25, 0.3) is 5.57 Å². The summed E-state index contributed by atoms with van der Waals surface area (Å²) in [5.74, 6) is 0.806. The van der Waals surface area contributed by atoms with Crippen molar-refractivity contribution in [1.82, 2.24) is 15.5 Å². The van der Waals surface area contributed by atoms with Crippen molar-refractivity contribution in [2.45, 2.75) is 57.7 Å². The van der Waals surface area contributed by atoms with E-state index in [0.717, 1.165) is 80.3 Å². The Hall–Kier alpha value is -2.74. The fourth-order valence-electron chi connectivity index (χ4n) is 4.66. The summed E-state index contributed by atoms with van der Waals surface area (Å²) >= 11 is 6.00. The number of halogens is 4. The van der Waals surface area contributed by atoms with Crippen molar-refractivity contribution in [2.75, 3.05) is 11.9 Å². The number of carbonyl (C=O) groups is 1. The number of rotatable bonds is 6. The molecule has 2 aliphatic rings. The predicted molar refractivity (Wildman–Crippen MR) is 128 cm³/mol. The third-order valence-electron chi connectivity index (χ3n) is 6.57. The second kappa shape index (κ2) is 10.3. The molecular weight excluding hydrogens is 465 g/mol. The Bertz CT molecular complexity index is 1100. The highest BCUT2D eigenvalue weighted by Gasteiger charge is 2.32. The van der Waals surface area contributed by atoms with Crippen LogP contribution in [0.1, 0.15) is 65.7 Å². The summed E-state index contributed by atoms with van der Waals surface area (Å²) in [7, 11) is 0. The second-order valence-electron chi connectivity index (χ2n) is 8.98. The highest BCUT2D eigenvalue weighted by molar-refractivity contribution is 6.33. The zero-order valence-corrected chi connectivity index (χ0v) is 19.7. The van der Waals surface area contributed by atoms with Crippen LogP contribution in [0.5, 0.6) is 0 Å². The number of aromatic nitrogens is 2. The topological polar surface area (TPSA) is 69.8 Å². The van der Waals surface area contributed by atoms with Crippen LogP contribution < -0.4 is 10.6 Å². The highest BCUT2D eigenvalue weighted by Crippen LogP contribution is 2.33. The first-order chi connectivity index (χ1) is 16.2. The SMILES string of the molecule is Cc1n[nH]c(NC[C@H]2CC[C@H](NC(=O)c3cc(C(F)(F)F)ccc3Cl)CC2)c1C1=CC=CCC1. The lowest BCUT2D eigenvalue weighted by molar-refractivity contribution is -0.137. The molecule has 1 heterocycles. The lowest BCUT2D eigenvalue weighted by Crippen LogP contribution is -2.38. The number of amides is 1. The van der Waals surface area contributed by atoms with E-state index in [2.05, 4.69) is 39.1 Å². The van der Waals surface area contributed by atoms with Crippen molar-refractivity contribution in [2.24, 2.45) is 5.92 Å². The molecule has 182 valence electrons. The number of hydrogen-bond acceptors (Lipinski definition) is 3. The van der Waals surface area contributed by atoms with E-state index in [4.69, 9.17) is 11.6 Å². The van der Waals surface area contributed by atoms with Crippen LogP contribution in [-0.2, 0) is 6.18 Å². The molecule has 2 aromatic rings. The van der Waals surface area contributed by atoms with Gasteiger partial charge in [-0.15, -0.1) is 0 Å². The number of aromatic amines is 1. The smallest absolute Gasteiger partial charge is 0.370 e. The van der Waals surface area contributed by atoms with Crippen molar-refractivity contribution in [3.8, 4) is 0 Å². The summed E-state index contributed by atoms with van der Waals surface area (Å²) in [5, 5.41) is 13.9. The van der Waals surface area contributed by atoms with E-state index in [1.54, 1.807) is 0 Å². The lowest BCUT2D eigenvalue weighted by atomic mass is 9.85. The molecule has 0 spiro atoms. The summed E-state index contributed by atoms with van der Waals surface area (Å²) in [6, 6.07) is 2.73. The zero-order chi connectivity index (χ0) is 24.3. The van der Waals surface area contributed by atoms with Crippen molar-refractivity contribution < 1.29 is 18.0 Å². The van der Waals surface area contributed by atoms with E-state index in [0.29, 0.717) is 5.92 Å². The van der Waals surface area contributed by atoms with Gasteiger partial charge in [-0.3, -0.25) is 9.89 Å². The van der Waals surface area contributed by atoms with Crippen LogP contribution in [0.2, 0.25) is 5.02 Å². The molecular formula is C25H28ClF3N4O. The molecule has 1 amide bonds. The molecule has 34 heavy (non-hydrogen) atoms. The molecule has 3 N–H and O–H groups in total. The van der Waals surface area contributed by atoms with Gasteiger partial charge in [0.25, 0.3) is 5.91 Å². The normalized spacial score (nSPS) is 20.7. The first kappa shape index (κ1) is 24.4. The Labute approximate surface area is 201 Å². The summed E-state index contributed by atoms with van der Waals surface area (Å²) in [4.78, 5) is 12.6. The number of benzene rings is 1. The Kier molecular flexibility index (Phi) is 7.36. The Morgan fingerprint density at radius 1 is 1.24 bits per heavy atom. The summed E-state index contributed by atoms with van der Waals surface area (Å²) in [6.07, 6.45) is 7.20. The van der Waals surface area contributed by atoms with Crippen LogP contribution >= 0.6 is 11.6 Å². The number of anilines is 1. The van der Waals surface area contributed by atoms with Crippen LogP contribution in [0.4, 0.5) is 19.0 Å². The van der Waals surface area contributed by atoms with Crippen molar-refractivity contribution in [3.05, 3.63) is 63.8 Å². The molecule has 1 fully saturated rings. The molecule has 1 aromatic heterocycles. The predicted octanol–water partition coefficient (Wildman–Crippen LogP) is 6.52. The first-order valence-corrected chi connectivity index (χ1v) is 11.9. The van der Waals surface area contributed by atoms with Gasteiger partial charge in [-0.2, -0.15) is 18.3 Å². The Morgan fingerprint density at radius 2 is 2.00 bits per heavy atom. The molecule has 1 aromatic carbocycles. The van der Waals surface area contributed by atoms with Crippen LogP contribution in [0.15, 0.2) is 36.4 Å². The van der Waals surface area contributed by atoms with Crippen LogP contribution in [0, 0.1) is 12.8 Å². The lowest BCUT2D eigenvalue weighted by Gasteiger charge is -2.29. The molecule has 2 aliphatic carbocycles. The van der Waals surface area contributed by atoms with Gasteiger partial charge < -0.3 is 10.6 Å². The van der Waals surface area contributed by atoms with E-state index in [9.17, 15) is 18.0 Å². The number of allylic oxidation sites excluding steroid dienone is 4. The van der Waals surface area contributed by atoms with E-state index >= 15 is 0 Å². The van der Waals surface area contributed by atoms with Crippen molar-refractivity contribution >= 4 is 28.9 Å². The molecule has 1 saturated carbocycles. The molecule has 0 bridgehead atoms.